The van der Waals surface area contributed by atoms with Crippen LogP contribution in [0.5, 0.6) is 0 Å². The van der Waals surface area contributed by atoms with Gasteiger partial charge in [0.05, 0.1) is 11.2 Å². The normalized spacial score (nSPS) is 17.6. The minimum Gasteiger partial charge on any atom is -0.385 e. The topological polar surface area (TPSA) is 45.5 Å². The minimum absolute atomic E-state index is 0.140. The number of carbonyl (C=O) groups excluding carboxylic acids is 1. The number of aliphatic hydroxyl groups is 1. The molecule has 1 saturated heterocycles. The first-order valence-electron chi connectivity index (χ1n) is 8.01. The fraction of sp³-hybridized carbons (Fsp3) is 0.389. The number of carbonyl (C=O) groups is 1. The van der Waals surface area contributed by atoms with Crippen LogP contribution in [-0.4, -0.2) is 33.6 Å². The van der Waals surface area contributed by atoms with E-state index in [1.54, 1.807) is 34.8 Å². The van der Waals surface area contributed by atoms with Crippen molar-refractivity contribution in [3.63, 3.8) is 0 Å². The molecule has 25 heavy (non-hydrogen) atoms. The zero-order valence-corrected chi connectivity index (χ0v) is 13.8. The van der Waals surface area contributed by atoms with E-state index in [0.717, 1.165) is 12.1 Å². The molecule has 1 fully saturated rings. The molecule has 1 aliphatic heterocycles. The fourth-order valence-corrected chi connectivity index (χ4v) is 3.20. The van der Waals surface area contributed by atoms with Crippen molar-refractivity contribution < 1.29 is 23.1 Å². The second kappa shape index (κ2) is 6.22. The lowest BCUT2D eigenvalue weighted by atomic mass is 9.83. The minimum atomic E-state index is -4.45. The number of alkyl halides is 3. The Hall–Kier alpha value is -2.28. The molecule has 0 spiro atoms. The third kappa shape index (κ3) is 3.42. The lowest BCUT2D eigenvalue weighted by Crippen LogP contribution is -2.45. The molecule has 134 valence electrons. The number of hydrogen-bond acceptors (Lipinski definition) is 2. The molecule has 0 radical (unpaired) electrons. The zero-order chi connectivity index (χ0) is 18.2. The van der Waals surface area contributed by atoms with Crippen molar-refractivity contribution in [3.05, 3.63) is 59.4 Å². The van der Waals surface area contributed by atoms with E-state index in [-0.39, 0.29) is 37.4 Å². The smallest absolute Gasteiger partial charge is 0.385 e. The molecular weight excluding hydrogens is 333 g/mol. The van der Waals surface area contributed by atoms with Crippen molar-refractivity contribution in [2.75, 3.05) is 13.1 Å². The van der Waals surface area contributed by atoms with Gasteiger partial charge >= 0.3 is 6.18 Å². The number of aromatic nitrogens is 1. The van der Waals surface area contributed by atoms with Crippen molar-refractivity contribution in [3.8, 4) is 0 Å². The van der Waals surface area contributed by atoms with Crippen LogP contribution >= 0.6 is 0 Å². The maximum absolute atomic E-state index is 12.9. The number of aryl methyl sites for hydroxylation is 1. The van der Waals surface area contributed by atoms with Gasteiger partial charge in [0.25, 0.3) is 5.91 Å². The summed E-state index contributed by atoms with van der Waals surface area (Å²) in [7, 11) is 1.77. The van der Waals surface area contributed by atoms with Gasteiger partial charge in [0, 0.05) is 26.3 Å². The van der Waals surface area contributed by atoms with E-state index in [4.69, 9.17) is 0 Å². The Morgan fingerprint density at radius 2 is 1.84 bits per heavy atom. The van der Waals surface area contributed by atoms with Gasteiger partial charge in [0.2, 0.25) is 0 Å². The Morgan fingerprint density at radius 1 is 1.16 bits per heavy atom. The second-order valence-electron chi connectivity index (χ2n) is 6.41. The van der Waals surface area contributed by atoms with E-state index >= 15 is 0 Å². The highest BCUT2D eigenvalue weighted by molar-refractivity contribution is 5.92. The van der Waals surface area contributed by atoms with Gasteiger partial charge in [-0.15, -0.1) is 0 Å². The molecule has 7 heteroatoms. The molecule has 0 atom stereocenters. The summed E-state index contributed by atoms with van der Waals surface area (Å²) >= 11 is 0. The van der Waals surface area contributed by atoms with E-state index in [2.05, 4.69) is 0 Å². The number of likely N-dealkylation sites (tertiary alicyclic amines) is 1. The molecule has 4 nitrogen and oxygen atoms in total. The van der Waals surface area contributed by atoms with Crippen LogP contribution in [0.4, 0.5) is 13.2 Å². The summed E-state index contributed by atoms with van der Waals surface area (Å²) in [6, 6.07) is 8.28. The van der Waals surface area contributed by atoms with Crippen molar-refractivity contribution in [1.29, 1.82) is 0 Å². The first-order valence-corrected chi connectivity index (χ1v) is 8.01. The molecule has 1 aromatic carbocycles. The summed E-state index contributed by atoms with van der Waals surface area (Å²) in [6.45, 7) is 0.577. The number of piperidine rings is 1. The first-order chi connectivity index (χ1) is 11.7. The van der Waals surface area contributed by atoms with Crippen LogP contribution in [0.3, 0.4) is 0 Å². The Balaban J connectivity index is 1.75. The van der Waals surface area contributed by atoms with Gasteiger partial charge in [-0.2, -0.15) is 13.2 Å². The molecule has 0 unspecified atom stereocenters. The van der Waals surface area contributed by atoms with Crippen molar-refractivity contribution in [2.45, 2.75) is 24.6 Å². The highest BCUT2D eigenvalue weighted by Gasteiger charge is 2.38. The highest BCUT2D eigenvalue weighted by atomic mass is 19.4. The van der Waals surface area contributed by atoms with Crippen LogP contribution in [0, 0.1) is 0 Å². The number of rotatable bonds is 2. The molecule has 0 aliphatic carbocycles. The molecule has 0 bridgehead atoms. The van der Waals surface area contributed by atoms with Gasteiger partial charge in [-0.1, -0.05) is 12.1 Å². The molecule has 2 heterocycles. The van der Waals surface area contributed by atoms with Gasteiger partial charge in [-0.05, 0) is 42.7 Å². The van der Waals surface area contributed by atoms with E-state index in [1.807, 2.05) is 0 Å². The average Bonchev–Trinajstić information content (AvgIpc) is 3.00. The summed E-state index contributed by atoms with van der Waals surface area (Å²) in [5.74, 6) is -0.140. The summed E-state index contributed by atoms with van der Waals surface area (Å²) in [5, 5.41) is 10.8. The Morgan fingerprint density at radius 3 is 2.40 bits per heavy atom. The maximum atomic E-state index is 12.9. The van der Waals surface area contributed by atoms with E-state index in [0.29, 0.717) is 5.69 Å². The molecule has 1 amide bonds. The van der Waals surface area contributed by atoms with Crippen LogP contribution in [-0.2, 0) is 18.8 Å². The fourth-order valence-electron chi connectivity index (χ4n) is 3.20. The van der Waals surface area contributed by atoms with Gasteiger partial charge in [-0.3, -0.25) is 4.79 Å². The van der Waals surface area contributed by atoms with E-state index in [1.165, 1.54) is 12.1 Å². The van der Waals surface area contributed by atoms with E-state index in [9.17, 15) is 23.1 Å². The first kappa shape index (κ1) is 17.5. The van der Waals surface area contributed by atoms with Crippen LogP contribution in [0.2, 0.25) is 0 Å². The van der Waals surface area contributed by atoms with Crippen molar-refractivity contribution in [1.82, 2.24) is 9.47 Å². The number of nitrogens with zero attached hydrogens (tertiary/aromatic N) is 2. The van der Waals surface area contributed by atoms with Crippen molar-refractivity contribution in [2.24, 2.45) is 7.05 Å². The molecule has 1 N–H and O–H groups in total. The quantitative estimate of drug-likeness (QED) is 0.902. The monoisotopic (exact) mass is 352 g/mol. The van der Waals surface area contributed by atoms with Crippen LogP contribution in [0.15, 0.2) is 42.6 Å². The second-order valence-corrected chi connectivity index (χ2v) is 6.41. The van der Waals surface area contributed by atoms with Gasteiger partial charge in [0.1, 0.15) is 5.69 Å². The predicted octanol–water partition coefficient (Wildman–Crippen LogP) is 3.17. The van der Waals surface area contributed by atoms with Crippen LogP contribution in [0.25, 0.3) is 0 Å². The van der Waals surface area contributed by atoms with Gasteiger partial charge in [0.15, 0.2) is 0 Å². The van der Waals surface area contributed by atoms with Crippen LogP contribution < -0.4 is 0 Å². The summed E-state index contributed by atoms with van der Waals surface area (Å²) in [4.78, 5) is 14.1. The third-order valence-corrected chi connectivity index (χ3v) is 4.77. The standard InChI is InChI=1S/C18H19F3N2O2/c1-22-9-3-6-15(22)16(24)23-10-7-17(25,8-11-23)13-4-2-5-14(12-13)18(19,20)21/h2-6,9,12,25H,7-8,10-11H2,1H3. The molecular formula is C18H19F3N2O2. The Labute approximate surface area is 143 Å². The van der Waals surface area contributed by atoms with Gasteiger partial charge < -0.3 is 14.6 Å². The Bertz CT molecular complexity index is 775. The predicted molar refractivity (Wildman–Crippen MR) is 85.9 cm³/mol. The van der Waals surface area contributed by atoms with Gasteiger partial charge in [-0.25, -0.2) is 0 Å². The lowest BCUT2D eigenvalue weighted by molar-refractivity contribution is -0.137. The number of hydrogen-bond donors (Lipinski definition) is 1. The zero-order valence-electron chi connectivity index (χ0n) is 13.8. The number of benzene rings is 1. The third-order valence-electron chi connectivity index (χ3n) is 4.77. The number of halogens is 3. The van der Waals surface area contributed by atoms with Crippen LogP contribution in [0.1, 0.15) is 34.5 Å². The average molecular weight is 352 g/mol. The molecule has 3 rings (SSSR count). The largest absolute Gasteiger partial charge is 0.416 e. The molecule has 0 saturated carbocycles. The summed E-state index contributed by atoms with van der Waals surface area (Å²) in [6.07, 6.45) is -2.28. The summed E-state index contributed by atoms with van der Waals surface area (Å²) in [5.41, 5.74) is -1.34. The van der Waals surface area contributed by atoms with E-state index < -0.39 is 17.3 Å². The number of amides is 1. The lowest BCUT2D eigenvalue weighted by Gasteiger charge is -2.38. The molecule has 2 aromatic rings. The molecule has 1 aliphatic rings. The summed E-state index contributed by atoms with van der Waals surface area (Å²) < 4.78 is 40.4. The Kier molecular flexibility index (Phi) is 4.36. The SMILES string of the molecule is Cn1cccc1C(=O)N1CCC(O)(c2cccc(C(F)(F)F)c2)CC1. The maximum Gasteiger partial charge on any atom is 0.416 e. The van der Waals surface area contributed by atoms with Crippen molar-refractivity contribution >= 4 is 5.91 Å². The highest BCUT2D eigenvalue weighted by Crippen LogP contribution is 2.37. The molecule has 1 aromatic heterocycles.